The Bertz CT molecular complexity index is 436. The Labute approximate surface area is 111 Å². The summed E-state index contributed by atoms with van der Waals surface area (Å²) in [5, 5.41) is 2.71. The second kappa shape index (κ2) is 7.06. The highest BCUT2D eigenvalue weighted by atomic mass is 19.1. The molecule has 0 aromatic heterocycles. The molecule has 2 atom stereocenters. The van der Waals surface area contributed by atoms with E-state index in [1.807, 2.05) is 0 Å². The van der Waals surface area contributed by atoms with Crippen molar-refractivity contribution in [3.8, 4) is 5.75 Å². The van der Waals surface area contributed by atoms with Crippen molar-refractivity contribution in [3.05, 3.63) is 29.6 Å². The molecule has 106 valence electrons. The molecule has 5 nitrogen and oxygen atoms in total. The van der Waals surface area contributed by atoms with E-state index in [0.717, 1.165) is 0 Å². The lowest BCUT2D eigenvalue weighted by atomic mass is 10.1. The lowest BCUT2D eigenvalue weighted by Gasteiger charge is -2.20. The highest BCUT2D eigenvalue weighted by molar-refractivity contribution is 5.81. The van der Waals surface area contributed by atoms with E-state index in [-0.39, 0.29) is 18.3 Å². The molecule has 1 aromatic carbocycles. The first kappa shape index (κ1) is 15.4. The predicted octanol–water partition coefficient (Wildman–Crippen LogP) is 0.985. The maximum absolute atomic E-state index is 13.3. The number of carbonyl (C=O) groups excluding carboxylic acids is 1. The van der Waals surface area contributed by atoms with Crippen LogP contribution >= 0.6 is 0 Å². The molecule has 0 fully saturated rings. The molecule has 0 aliphatic carbocycles. The topological polar surface area (TPSA) is 73.6 Å². The van der Waals surface area contributed by atoms with E-state index in [4.69, 9.17) is 15.2 Å². The third-order valence-corrected chi connectivity index (χ3v) is 2.81. The van der Waals surface area contributed by atoms with Crippen molar-refractivity contribution in [3.63, 3.8) is 0 Å². The van der Waals surface area contributed by atoms with Gasteiger partial charge in [0.15, 0.2) is 0 Å². The number of methoxy groups -OCH3 is 2. The Morgan fingerprint density at radius 3 is 2.68 bits per heavy atom. The van der Waals surface area contributed by atoms with E-state index in [1.54, 1.807) is 6.92 Å². The van der Waals surface area contributed by atoms with Crippen LogP contribution in [0.4, 0.5) is 4.39 Å². The monoisotopic (exact) mass is 270 g/mol. The van der Waals surface area contributed by atoms with E-state index in [0.29, 0.717) is 11.3 Å². The molecule has 0 heterocycles. The standard InChI is InChI=1S/C13H19FN2O3/c1-8(16-13(17)12(7-15)19-3)10-6-9(14)4-5-11(10)18-2/h4-6,8,12H,7,15H2,1-3H3,(H,16,17). The average Bonchev–Trinajstić information content (AvgIpc) is 2.40. The Kier molecular flexibility index (Phi) is 5.72. The van der Waals surface area contributed by atoms with Gasteiger partial charge in [0.25, 0.3) is 5.91 Å². The van der Waals surface area contributed by atoms with Gasteiger partial charge in [-0.1, -0.05) is 0 Å². The van der Waals surface area contributed by atoms with Gasteiger partial charge in [0, 0.05) is 19.2 Å². The van der Waals surface area contributed by atoms with Crippen molar-refractivity contribution in [1.29, 1.82) is 0 Å². The summed E-state index contributed by atoms with van der Waals surface area (Å²) in [4.78, 5) is 11.8. The summed E-state index contributed by atoms with van der Waals surface area (Å²) in [6.07, 6.45) is -0.720. The molecule has 2 unspecified atom stereocenters. The van der Waals surface area contributed by atoms with Crippen molar-refractivity contribution in [2.45, 2.75) is 19.1 Å². The molecule has 0 aliphatic rings. The van der Waals surface area contributed by atoms with Crippen LogP contribution in [0.5, 0.6) is 5.75 Å². The highest BCUT2D eigenvalue weighted by Crippen LogP contribution is 2.25. The van der Waals surface area contributed by atoms with Gasteiger partial charge >= 0.3 is 0 Å². The van der Waals surface area contributed by atoms with Crippen LogP contribution in [-0.4, -0.2) is 32.8 Å². The summed E-state index contributed by atoms with van der Waals surface area (Å²) in [6, 6.07) is 3.73. The average molecular weight is 270 g/mol. The quantitative estimate of drug-likeness (QED) is 0.808. The number of carbonyl (C=O) groups is 1. The van der Waals surface area contributed by atoms with E-state index in [2.05, 4.69) is 5.32 Å². The van der Waals surface area contributed by atoms with Gasteiger partial charge in [0.2, 0.25) is 0 Å². The first-order chi connectivity index (χ1) is 9.03. The molecule has 0 saturated carbocycles. The van der Waals surface area contributed by atoms with Crippen LogP contribution in [0.25, 0.3) is 0 Å². The van der Waals surface area contributed by atoms with Gasteiger partial charge in [-0.3, -0.25) is 4.79 Å². The van der Waals surface area contributed by atoms with Crippen LogP contribution in [-0.2, 0) is 9.53 Å². The van der Waals surface area contributed by atoms with E-state index in [1.165, 1.54) is 32.4 Å². The minimum absolute atomic E-state index is 0.0787. The summed E-state index contributed by atoms with van der Waals surface area (Å²) in [5.74, 6) is -0.223. The van der Waals surface area contributed by atoms with E-state index >= 15 is 0 Å². The molecule has 0 aliphatic heterocycles. The molecule has 1 aromatic rings. The second-order valence-corrected chi connectivity index (χ2v) is 4.08. The summed E-state index contributed by atoms with van der Waals surface area (Å²) in [6.45, 7) is 1.81. The number of benzene rings is 1. The molecule has 0 radical (unpaired) electrons. The zero-order valence-corrected chi connectivity index (χ0v) is 11.3. The number of amides is 1. The maximum atomic E-state index is 13.3. The van der Waals surface area contributed by atoms with Crippen LogP contribution in [0, 0.1) is 5.82 Å². The van der Waals surface area contributed by atoms with Gasteiger partial charge in [-0.15, -0.1) is 0 Å². The number of halogens is 1. The molecule has 1 amide bonds. The highest BCUT2D eigenvalue weighted by Gasteiger charge is 2.20. The van der Waals surface area contributed by atoms with Crippen molar-refractivity contribution < 1.29 is 18.7 Å². The third kappa shape index (κ3) is 3.90. The molecular formula is C13H19FN2O3. The Balaban J connectivity index is 2.85. The minimum Gasteiger partial charge on any atom is -0.496 e. The zero-order chi connectivity index (χ0) is 14.4. The van der Waals surface area contributed by atoms with Crippen LogP contribution in [0.15, 0.2) is 18.2 Å². The lowest BCUT2D eigenvalue weighted by molar-refractivity contribution is -0.131. The number of rotatable bonds is 6. The Hall–Kier alpha value is -1.66. The van der Waals surface area contributed by atoms with Gasteiger partial charge in [-0.2, -0.15) is 0 Å². The largest absolute Gasteiger partial charge is 0.496 e. The van der Waals surface area contributed by atoms with E-state index in [9.17, 15) is 9.18 Å². The van der Waals surface area contributed by atoms with Crippen LogP contribution < -0.4 is 15.8 Å². The van der Waals surface area contributed by atoms with Gasteiger partial charge < -0.3 is 20.5 Å². The molecule has 0 bridgehead atoms. The molecular weight excluding hydrogens is 251 g/mol. The molecule has 0 spiro atoms. The molecule has 19 heavy (non-hydrogen) atoms. The number of hydrogen-bond acceptors (Lipinski definition) is 4. The SMILES string of the molecule is COc1ccc(F)cc1C(C)NC(=O)C(CN)OC. The van der Waals surface area contributed by atoms with Gasteiger partial charge in [-0.25, -0.2) is 4.39 Å². The summed E-state index contributed by atoms with van der Waals surface area (Å²) < 4.78 is 23.3. The third-order valence-electron chi connectivity index (χ3n) is 2.81. The fraction of sp³-hybridized carbons (Fsp3) is 0.462. The second-order valence-electron chi connectivity index (χ2n) is 4.08. The first-order valence-electron chi connectivity index (χ1n) is 5.90. The van der Waals surface area contributed by atoms with Gasteiger partial charge in [-0.05, 0) is 25.1 Å². The molecule has 1 rings (SSSR count). The van der Waals surface area contributed by atoms with Gasteiger partial charge in [0.1, 0.15) is 17.7 Å². The number of nitrogens with two attached hydrogens (primary N) is 1. The smallest absolute Gasteiger partial charge is 0.250 e. The summed E-state index contributed by atoms with van der Waals surface area (Å²) in [5.41, 5.74) is 5.97. The van der Waals surface area contributed by atoms with Crippen LogP contribution in [0.3, 0.4) is 0 Å². The predicted molar refractivity (Wildman–Crippen MR) is 69.4 cm³/mol. The normalized spacial score (nSPS) is 13.7. The number of ether oxygens (including phenoxy) is 2. The number of hydrogen-bond donors (Lipinski definition) is 2. The fourth-order valence-electron chi connectivity index (χ4n) is 1.74. The summed E-state index contributed by atoms with van der Waals surface area (Å²) in [7, 11) is 2.90. The first-order valence-corrected chi connectivity index (χ1v) is 5.90. The summed E-state index contributed by atoms with van der Waals surface area (Å²) >= 11 is 0. The van der Waals surface area contributed by atoms with Crippen molar-refractivity contribution in [2.75, 3.05) is 20.8 Å². The van der Waals surface area contributed by atoms with Crippen LogP contribution in [0.2, 0.25) is 0 Å². The van der Waals surface area contributed by atoms with Crippen LogP contribution in [0.1, 0.15) is 18.5 Å². The molecule has 3 N–H and O–H groups in total. The molecule has 0 saturated heterocycles. The van der Waals surface area contributed by atoms with Crippen molar-refractivity contribution >= 4 is 5.91 Å². The zero-order valence-electron chi connectivity index (χ0n) is 11.3. The fourth-order valence-corrected chi connectivity index (χ4v) is 1.74. The maximum Gasteiger partial charge on any atom is 0.250 e. The van der Waals surface area contributed by atoms with Crippen molar-refractivity contribution in [1.82, 2.24) is 5.32 Å². The van der Waals surface area contributed by atoms with E-state index < -0.39 is 12.1 Å². The Morgan fingerprint density at radius 1 is 1.47 bits per heavy atom. The lowest BCUT2D eigenvalue weighted by Crippen LogP contribution is -2.41. The number of nitrogens with one attached hydrogen (secondary N) is 1. The van der Waals surface area contributed by atoms with Gasteiger partial charge in [0.05, 0.1) is 13.2 Å². The Morgan fingerprint density at radius 2 is 2.16 bits per heavy atom. The van der Waals surface area contributed by atoms with Crippen molar-refractivity contribution in [2.24, 2.45) is 5.73 Å². The molecule has 6 heteroatoms. The minimum atomic E-state index is -0.720.